The lowest BCUT2D eigenvalue weighted by Gasteiger charge is -2.08. The lowest BCUT2D eigenvalue weighted by atomic mass is 9.96. The van der Waals surface area contributed by atoms with E-state index in [1.54, 1.807) is 6.08 Å². The molecule has 0 spiro atoms. The van der Waals surface area contributed by atoms with Crippen LogP contribution >= 0.6 is 0 Å². The maximum absolute atomic E-state index is 11.0. The van der Waals surface area contributed by atoms with Crippen LogP contribution in [0.2, 0.25) is 0 Å². The van der Waals surface area contributed by atoms with E-state index in [4.69, 9.17) is 5.10 Å². The molecule has 3 nitrogen and oxygen atoms in total. The summed E-state index contributed by atoms with van der Waals surface area (Å²) in [6.07, 6.45) is 6.21. The summed E-state index contributed by atoms with van der Waals surface area (Å²) in [7, 11) is 0. The minimum atomic E-state index is 0.264. The van der Waals surface area contributed by atoms with Crippen molar-refractivity contribution in [2.75, 3.05) is 0 Å². The van der Waals surface area contributed by atoms with Crippen molar-refractivity contribution >= 4 is 28.7 Å². The van der Waals surface area contributed by atoms with Crippen LogP contribution < -0.4 is 0 Å². The highest BCUT2D eigenvalue weighted by Crippen LogP contribution is 2.39. The molecule has 0 bridgehead atoms. The third-order valence-electron chi connectivity index (χ3n) is 4.70. The largest absolute Gasteiger partial charge is 0.299 e. The minimum absolute atomic E-state index is 0.264. The van der Waals surface area contributed by atoms with Gasteiger partial charge in [-0.1, -0.05) is 68.4 Å². The van der Waals surface area contributed by atoms with Crippen molar-refractivity contribution in [3.8, 4) is 11.1 Å². The van der Waals surface area contributed by atoms with Crippen LogP contribution in [0, 0.1) is 0 Å². The Morgan fingerprint density at radius 2 is 1.73 bits per heavy atom. The van der Waals surface area contributed by atoms with Gasteiger partial charge in [0.25, 0.3) is 0 Å². The zero-order valence-corrected chi connectivity index (χ0v) is 14.9. The van der Waals surface area contributed by atoms with Crippen molar-refractivity contribution in [1.82, 2.24) is 9.61 Å². The smallest absolute Gasteiger partial charge is 0.142 e. The lowest BCUT2D eigenvalue weighted by Crippen LogP contribution is -2.00. The van der Waals surface area contributed by atoms with Crippen LogP contribution in [0.1, 0.15) is 31.0 Å². The molecule has 0 saturated heterocycles. The standard InChI is InChI=1S/C23H20N2O/c1-16(2)22-20(13-8-14-26)21(17-9-4-3-5-10-17)23-19-12-7-6-11-18(19)15-24-25(22)23/h3-16H,1-2H3. The molecule has 2 aromatic heterocycles. The molecule has 26 heavy (non-hydrogen) atoms. The van der Waals surface area contributed by atoms with Gasteiger partial charge in [-0.15, -0.1) is 0 Å². The van der Waals surface area contributed by atoms with Crippen molar-refractivity contribution < 1.29 is 4.79 Å². The monoisotopic (exact) mass is 340 g/mol. The zero-order chi connectivity index (χ0) is 18.1. The molecule has 3 heteroatoms. The predicted molar refractivity (Wildman–Crippen MR) is 107 cm³/mol. The number of nitrogens with zero attached hydrogens (tertiary/aromatic N) is 2. The Kier molecular flexibility index (Phi) is 4.13. The Morgan fingerprint density at radius 1 is 1.00 bits per heavy atom. The molecule has 4 aromatic rings. The van der Waals surface area contributed by atoms with E-state index < -0.39 is 0 Å². The van der Waals surface area contributed by atoms with Crippen molar-refractivity contribution in [1.29, 1.82) is 0 Å². The number of hydrogen-bond donors (Lipinski definition) is 0. The van der Waals surface area contributed by atoms with Crippen molar-refractivity contribution in [2.45, 2.75) is 19.8 Å². The van der Waals surface area contributed by atoms with Crippen LogP contribution in [-0.2, 0) is 4.79 Å². The highest BCUT2D eigenvalue weighted by Gasteiger charge is 2.22. The first-order chi connectivity index (χ1) is 12.7. The summed E-state index contributed by atoms with van der Waals surface area (Å²) in [6, 6.07) is 18.6. The van der Waals surface area contributed by atoms with E-state index in [0.717, 1.165) is 45.0 Å². The molecule has 0 saturated carbocycles. The number of allylic oxidation sites excluding steroid dienone is 1. The van der Waals surface area contributed by atoms with Crippen molar-refractivity contribution in [2.24, 2.45) is 0 Å². The summed E-state index contributed by atoms with van der Waals surface area (Å²) in [5.41, 5.74) is 5.51. The molecule has 0 fully saturated rings. The van der Waals surface area contributed by atoms with Gasteiger partial charge in [0, 0.05) is 21.9 Å². The summed E-state index contributed by atoms with van der Waals surface area (Å²) in [6.45, 7) is 4.32. The normalized spacial score (nSPS) is 11.8. The van der Waals surface area contributed by atoms with Crippen LogP contribution in [-0.4, -0.2) is 15.9 Å². The van der Waals surface area contributed by atoms with E-state index >= 15 is 0 Å². The van der Waals surface area contributed by atoms with E-state index in [1.807, 2.05) is 41.1 Å². The second-order valence-corrected chi connectivity index (χ2v) is 6.68. The molecule has 4 rings (SSSR count). The van der Waals surface area contributed by atoms with Crippen LogP contribution in [0.15, 0.2) is 66.9 Å². The Hall–Kier alpha value is -3.20. The Balaban J connectivity index is 2.25. The third kappa shape index (κ3) is 2.53. The van der Waals surface area contributed by atoms with Crippen LogP contribution in [0.25, 0.3) is 33.5 Å². The highest BCUT2D eigenvalue weighted by atomic mass is 16.1. The molecule has 0 radical (unpaired) electrons. The average molecular weight is 340 g/mol. The number of aldehydes is 1. The van der Waals surface area contributed by atoms with Gasteiger partial charge in [0.15, 0.2) is 0 Å². The predicted octanol–water partition coefficient (Wildman–Crippen LogP) is 5.49. The van der Waals surface area contributed by atoms with Crippen LogP contribution in [0.5, 0.6) is 0 Å². The van der Waals surface area contributed by atoms with Gasteiger partial charge in [-0.2, -0.15) is 5.10 Å². The number of rotatable bonds is 4. The van der Waals surface area contributed by atoms with E-state index in [-0.39, 0.29) is 5.92 Å². The first-order valence-electron chi connectivity index (χ1n) is 8.82. The molecular weight excluding hydrogens is 320 g/mol. The summed E-state index contributed by atoms with van der Waals surface area (Å²) < 4.78 is 2.04. The van der Waals surface area contributed by atoms with Gasteiger partial charge in [-0.25, -0.2) is 4.52 Å². The number of fused-ring (bicyclic) bond motifs is 3. The van der Waals surface area contributed by atoms with Crippen LogP contribution in [0.3, 0.4) is 0 Å². The fourth-order valence-corrected chi connectivity index (χ4v) is 3.67. The van der Waals surface area contributed by atoms with Gasteiger partial charge >= 0.3 is 0 Å². The molecule has 128 valence electrons. The van der Waals surface area contributed by atoms with Gasteiger partial charge in [-0.3, -0.25) is 4.79 Å². The molecule has 0 atom stereocenters. The van der Waals surface area contributed by atoms with Crippen molar-refractivity contribution in [3.63, 3.8) is 0 Å². The molecule has 0 unspecified atom stereocenters. The van der Waals surface area contributed by atoms with Gasteiger partial charge in [0.2, 0.25) is 0 Å². The lowest BCUT2D eigenvalue weighted by molar-refractivity contribution is -0.104. The topological polar surface area (TPSA) is 34.4 Å². The molecule has 2 aromatic carbocycles. The molecule has 0 N–H and O–H groups in total. The zero-order valence-electron chi connectivity index (χ0n) is 14.9. The summed E-state index contributed by atoms with van der Waals surface area (Å²) >= 11 is 0. The molecule has 2 heterocycles. The molecule has 0 aliphatic rings. The number of benzene rings is 2. The molecule has 0 amide bonds. The van der Waals surface area contributed by atoms with Crippen molar-refractivity contribution in [3.05, 3.63) is 78.1 Å². The Labute approximate surface area is 152 Å². The minimum Gasteiger partial charge on any atom is -0.299 e. The Bertz CT molecular complexity index is 1120. The number of carbonyl (C=O) groups excluding carboxylic acids is 1. The summed E-state index contributed by atoms with van der Waals surface area (Å²) in [4.78, 5) is 11.0. The molecular formula is C23H20N2O. The average Bonchev–Trinajstić information content (AvgIpc) is 3.01. The fourth-order valence-electron chi connectivity index (χ4n) is 3.67. The van der Waals surface area contributed by atoms with Crippen LogP contribution in [0.4, 0.5) is 0 Å². The summed E-state index contributed by atoms with van der Waals surface area (Å²) in [5.74, 6) is 0.264. The third-order valence-corrected chi connectivity index (χ3v) is 4.70. The number of carbonyl (C=O) groups is 1. The number of aromatic nitrogens is 2. The quantitative estimate of drug-likeness (QED) is 0.364. The van der Waals surface area contributed by atoms with Gasteiger partial charge < -0.3 is 0 Å². The van der Waals surface area contributed by atoms with Gasteiger partial charge in [0.1, 0.15) is 6.29 Å². The van der Waals surface area contributed by atoms with Gasteiger partial charge in [0.05, 0.1) is 17.4 Å². The maximum atomic E-state index is 11.0. The first kappa shape index (κ1) is 16.3. The second kappa shape index (κ2) is 6.60. The highest BCUT2D eigenvalue weighted by molar-refractivity contribution is 6.06. The summed E-state index contributed by atoms with van der Waals surface area (Å²) in [5, 5.41) is 7.01. The van der Waals surface area contributed by atoms with E-state index in [9.17, 15) is 4.79 Å². The molecule has 0 aliphatic carbocycles. The van der Waals surface area contributed by atoms with Gasteiger partial charge in [-0.05, 0) is 23.6 Å². The fraction of sp³-hybridized carbons (Fsp3) is 0.130. The first-order valence-corrected chi connectivity index (χ1v) is 8.82. The SMILES string of the molecule is CC(C)c1c(C=CC=O)c(-c2ccccc2)c2c3ccccc3cnn12. The maximum Gasteiger partial charge on any atom is 0.142 e. The van der Waals surface area contributed by atoms with E-state index in [2.05, 4.69) is 44.2 Å². The Morgan fingerprint density at radius 3 is 2.46 bits per heavy atom. The van der Waals surface area contributed by atoms with E-state index in [1.165, 1.54) is 0 Å². The number of hydrogen-bond acceptors (Lipinski definition) is 2. The molecule has 0 aliphatic heterocycles. The second-order valence-electron chi connectivity index (χ2n) is 6.68. The van der Waals surface area contributed by atoms with E-state index in [0.29, 0.717) is 0 Å².